The number of hydrogen-bond donors (Lipinski definition) is 1. The summed E-state index contributed by atoms with van der Waals surface area (Å²) >= 11 is 0. The van der Waals surface area contributed by atoms with Gasteiger partial charge in [0.25, 0.3) is 5.91 Å². The zero-order valence-corrected chi connectivity index (χ0v) is 20.7. The van der Waals surface area contributed by atoms with Gasteiger partial charge in [-0.3, -0.25) is 4.79 Å². The van der Waals surface area contributed by atoms with Gasteiger partial charge in [0.1, 0.15) is 18.1 Å². The number of alkyl halides is 5. The predicted molar refractivity (Wildman–Crippen MR) is 129 cm³/mol. The van der Waals surface area contributed by atoms with Gasteiger partial charge in [-0.2, -0.15) is 18.3 Å². The number of carboxylic acids is 1. The summed E-state index contributed by atoms with van der Waals surface area (Å²) in [6.45, 7) is -0.406. The summed E-state index contributed by atoms with van der Waals surface area (Å²) in [5, 5.41) is 12.6. The third kappa shape index (κ3) is 5.73. The van der Waals surface area contributed by atoms with Crippen molar-refractivity contribution < 1.29 is 50.9 Å². The number of nitrogens with zero attached hydrogens (tertiary/aromatic N) is 4. The molecule has 0 radical (unpaired) electrons. The largest absolute Gasteiger partial charge is 0.586 e. The SMILES string of the molecule is CN(C(=O)c1cccc(-n2nc(C(F)(F)F)cc2COc2ccc(C(=O)O)nc2)c1)c1ccc2c(c1)OC(F)(F)O2. The minimum atomic E-state index is -4.78. The molecule has 5 rings (SSSR count). The molecule has 10 nitrogen and oxygen atoms in total. The Balaban J connectivity index is 1.41. The summed E-state index contributed by atoms with van der Waals surface area (Å²) in [4.78, 5) is 29.0. The quantitative estimate of drug-likeness (QED) is 0.300. The van der Waals surface area contributed by atoms with Crippen molar-refractivity contribution in [3.8, 4) is 22.9 Å². The second-order valence-electron chi connectivity index (χ2n) is 8.62. The van der Waals surface area contributed by atoms with E-state index in [-0.39, 0.29) is 45.6 Å². The summed E-state index contributed by atoms with van der Waals surface area (Å²) in [6, 6.07) is 12.6. The number of amides is 1. The average molecular weight is 576 g/mol. The number of aromatic nitrogens is 3. The van der Waals surface area contributed by atoms with Gasteiger partial charge in [-0.15, -0.1) is 8.78 Å². The average Bonchev–Trinajstić information content (AvgIpc) is 3.50. The Morgan fingerprint density at radius 2 is 1.80 bits per heavy atom. The van der Waals surface area contributed by atoms with Crippen LogP contribution in [0.5, 0.6) is 17.2 Å². The summed E-state index contributed by atoms with van der Waals surface area (Å²) in [5.41, 5.74) is -1.14. The van der Waals surface area contributed by atoms with Crippen LogP contribution in [0.25, 0.3) is 5.69 Å². The molecular formula is C26H17F5N4O6. The van der Waals surface area contributed by atoms with E-state index in [0.29, 0.717) is 0 Å². The van der Waals surface area contributed by atoms with E-state index in [1.807, 2.05) is 0 Å². The molecule has 0 atom stereocenters. The number of aromatic carboxylic acids is 1. The summed E-state index contributed by atoms with van der Waals surface area (Å²) in [7, 11) is 1.38. The molecule has 1 amide bonds. The Morgan fingerprint density at radius 3 is 2.49 bits per heavy atom. The minimum Gasteiger partial charge on any atom is -0.486 e. The highest BCUT2D eigenvalue weighted by Crippen LogP contribution is 2.43. The smallest absolute Gasteiger partial charge is 0.486 e. The number of carbonyl (C=O) groups is 2. The fraction of sp³-hybridized carbons (Fsp3) is 0.154. The highest BCUT2D eigenvalue weighted by molar-refractivity contribution is 6.06. The highest BCUT2D eigenvalue weighted by atomic mass is 19.4. The van der Waals surface area contributed by atoms with Gasteiger partial charge in [0, 0.05) is 24.4 Å². The second-order valence-corrected chi connectivity index (χ2v) is 8.62. The topological polar surface area (TPSA) is 116 Å². The van der Waals surface area contributed by atoms with Crippen LogP contribution in [0.3, 0.4) is 0 Å². The molecule has 0 aliphatic carbocycles. The van der Waals surface area contributed by atoms with Gasteiger partial charge < -0.3 is 24.2 Å². The number of ether oxygens (including phenoxy) is 3. The van der Waals surface area contributed by atoms with E-state index in [2.05, 4.69) is 19.6 Å². The lowest BCUT2D eigenvalue weighted by molar-refractivity contribution is -0.286. The van der Waals surface area contributed by atoms with Crippen molar-refractivity contribution in [2.24, 2.45) is 0 Å². The molecule has 0 fully saturated rings. The van der Waals surface area contributed by atoms with Gasteiger partial charge >= 0.3 is 18.4 Å². The van der Waals surface area contributed by atoms with Gasteiger partial charge in [-0.1, -0.05) is 6.07 Å². The first-order valence-electron chi connectivity index (χ1n) is 11.6. The summed E-state index contributed by atoms with van der Waals surface area (Å²) in [5.74, 6) is -2.24. The number of rotatable bonds is 7. The molecule has 0 saturated heterocycles. The fourth-order valence-electron chi connectivity index (χ4n) is 3.86. The van der Waals surface area contributed by atoms with Crippen LogP contribution in [0, 0.1) is 0 Å². The molecule has 1 aliphatic heterocycles. The molecule has 41 heavy (non-hydrogen) atoms. The molecule has 4 aromatic rings. The first-order chi connectivity index (χ1) is 19.3. The lowest BCUT2D eigenvalue weighted by atomic mass is 10.1. The molecule has 0 unspecified atom stereocenters. The van der Waals surface area contributed by atoms with E-state index >= 15 is 0 Å². The predicted octanol–water partition coefficient (Wildman–Crippen LogP) is 5.16. The fourth-order valence-corrected chi connectivity index (χ4v) is 3.86. The van der Waals surface area contributed by atoms with Gasteiger partial charge in [-0.05, 0) is 48.5 Å². The first-order valence-corrected chi connectivity index (χ1v) is 11.6. The van der Waals surface area contributed by atoms with E-state index in [1.165, 1.54) is 61.6 Å². The van der Waals surface area contributed by atoms with Crippen LogP contribution in [0.4, 0.5) is 27.6 Å². The van der Waals surface area contributed by atoms with Crippen LogP contribution < -0.4 is 19.1 Å². The van der Waals surface area contributed by atoms with Crippen LogP contribution >= 0.6 is 0 Å². The van der Waals surface area contributed by atoms with Crippen LogP contribution in [-0.4, -0.2) is 45.1 Å². The number of benzene rings is 2. The van der Waals surface area contributed by atoms with Crippen molar-refractivity contribution >= 4 is 17.6 Å². The Kier molecular flexibility index (Phi) is 6.72. The third-order valence-electron chi connectivity index (χ3n) is 5.83. The summed E-state index contributed by atoms with van der Waals surface area (Å²) in [6.07, 6.45) is -7.51. The van der Waals surface area contributed by atoms with Gasteiger partial charge in [0.2, 0.25) is 0 Å². The number of carboxylic acid groups (broad SMARTS) is 1. The van der Waals surface area contributed by atoms with E-state index in [0.717, 1.165) is 21.8 Å². The lowest BCUT2D eigenvalue weighted by Gasteiger charge is -2.18. The van der Waals surface area contributed by atoms with Crippen LogP contribution in [0.1, 0.15) is 32.2 Å². The van der Waals surface area contributed by atoms with Crippen LogP contribution in [0.2, 0.25) is 0 Å². The number of fused-ring (bicyclic) bond motifs is 1. The maximum atomic E-state index is 13.5. The van der Waals surface area contributed by atoms with Crippen molar-refractivity contribution in [1.29, 1.82) is 0 Å². The lowest BCUT2D eigenvalue weighted by Crippen LogP contribution is -2.26. The van der Waals surface area contributed by atoms with Crippen molar-refractivity contribution in [3.05, 3.63) is 89.5 Å². The molecule has 1 aliphatic rings. The Morgan fingerprint density at radius 1 is 1.05 bits per heavy atom. The van der Waals surface area contributed by atoms with Crippen LogP contribution in [-0.2, 0) is 12.8 Å². The third-order valence-corrected chi connectivity index (χ3v) is 5.83. The normalized spacial score (nSPS) is 13.6. The number of halogens is 5. The molecule has 15 heteroatoms. The zero-order chi connectivity index (χ0) is 29.5. The second kappa shape index (κ2) is 10.1. The van der Waals surface area contributed by atoms with Crippen LogP contribution in [0.15, 0.2) is 66.9 Å². The summed E-state index contributed by atoms with van der Waals surface area (Å²) < 4.78 is 82.5. The molecule has 0 bridgehead atoms. The molecule has 1 N–H and O–H groups in total. The standard InChI is InChI=1S/C26H17F5N4O6/c1-34(15-5-8-20-21(10-15)41-26(30,31)40-20)23(36)14-3-2-4-16(9-14)35-17(11-22(33-35)25(27,28)29)13-39-18-6-7-19(24(37)38)32-12-18/h2-12H,13H2,1H3,(H,37,38). The van der Waals surface area contributed by atoms with Gasteiger partial charge in [-0.25, -0.2) is 14.5 Å². The Hall–Kier alpha value is -5.21. The maximum Gasteiger partial charge on any atom is 0.586 e. The molecule has 0 spiro atoms. The van der Waals surface area contributed by atoms with E-state index in [4.69, 9.17) is 9.84 Å². The van der Waals surface area contributed by atoms with E-state index in [1.54, 1.807) is 0 Å². The first kappa shape index (κ1) is 27.4. The number of pyridine rings is 1. The zero-order valence-electron chi connectivity index (χ0n) is 20.7. The highest BCUT2D eigenvalue weighted by Gasteiger charge is 2.43. The molecule has 0 saturated carbocycles. The van der Waals surface area contributed by atoms with E-state index < -0.39 is 36.6 Å². The van der Waals surface area contributed by atoms with Crippen molar-refractivity contribution in [3.63, 3.8) is 0 Å². The molecule has 2 aromatic carbocycles. The minimum absolute atomic E-state index is 0.0331. The molecular weight excluding hydrogens is 559 g/mol. The monoisotopic (exact) mass is 576 g/mol. The molecule has 3 heterocycles. The number of anilines is 1. The van der Waals surface area contributed by atoms with Gasteiger partial charge in [0.05, 0.1) is 17.6 Å². The molecule has 2 aromatic heterocycles. The van der Waals surface area contributed by atoms with E-state index in [9.17, 15) is 31.5 Å². The maximum absolute atomic E-state index is 13.5. The molecule has 212 valence electrons. The number of carbonyl (C=O) groups excluding carboxylic acids is 1. The van der Waals surface area contributed by atoms with Crippen molar-refractivity contribution in [2.45, 2.75) is 19.1 Å². The van der Waals surface area contributed by atoms with Gasteiger partial charge in [0.15, 0.2) is 17.2 Å². The number of hydrogen-bond acceptors (Lipinski definition) is 7. The Bertz CT molecular complexity index is 1640. The Labute approximate surface area is 227 Å². The van der Waals surface area contributed by atoms with Crippen molar-refractivity contribution in [2.75, 3.05) is 11.9 Å². The van der Waals surface area contributed by atoms with Crippen molar-refractivity contribution in [1.82, 2.24) is 14.8 Å².